The molecule has 2 N–H and O–H groups in total. The number of hydrogen-bond donors (Lipinski definition) is 2. The van der Waals surface area contributed by atoms with Gasteiger partial charge in [-0.15, -0.1) is 0 Å². The zero-order valence-corrected chi connectivity index (χ0v) is 10.4. The van der Waals surface area contributed by atoms with Crippen LogP contribution < -0.4 is 5.32 Å². The van der Waals surface area contributed by atoms with Crippen molar-refractivity contribution in [3.63, 3.8) is 0 Å². The van der Waals surface area contributed by atoms with Crippen molar-refractivity contribution in [2.24, 2.45) is 0 Å². The average molecular weight is 303 g/mol. The number of halogens is 3. The molecule has 0 radical (unpaired) electrons. The normalized spacial score (nSPS) is 13.9. The van der Waals surface area contributed by atoms with Crippen LogP contribution in [0.4, 0.5) is 24.5 Å². The van der Waals surface area contributed by atoms with Crippen LogP contribution in [0, 0.1) is 21.4 Å². The predicted molar refractivity (Wildman–Crippen MR) is 63.5 cm³/mol. The molecule has 10 heteroatoms. The number of non-ortho nitro benzene ring substituents is 1. The number of carboxylic acids is 1. The molecule has 0 amide bonds. The monoisotopic (exact) mass is 303 g/mol. The standard InChI is InChI=1S/C11H8F3N3O4/c1-10(9(18)19,11(12,13)14)16-8-3-2-7(17(20)21)4-6(8)5-15/h2-4,16H,1H3,(H,18,19). The van der Waals surface area contributed by atoms with Crippen LogP contribution in [0.3, 0.4) is 0 Å². The Hall–Kier alpha value is -2.83. The van der Waals surface area contributed by atoms with Gasteiger partial charge in [0, 0.05) is 12.1 Å². The number of carbonyl (C=O) groups is 1. The van der Waals surface area contributed by atoms with Crippen LogP contribution in [0.25, 0.3) is 0 Å². The SMILES string of the molecule is CC(Nc1ccc([N+](=O)[O-])cc1C#N)(C(=O)O)C(F)(F)F. The number of hydrogen-bond acceptors (Lipinski definition) is 5. The third-order valence-electron chi connectivity index (χ3n) is 2.71. The molecule has 0 aromatic heterocycles. The smallest absolute Gasteiger partial charge is 0.422 e. The molecule has 0 aliphatic heterocycles. The quantitative estimate of drug-likeness (QED) is 0.651. The third-order valence-corrected chi connectivity index (χ3v) is 2.71. The fraction of sp³-hybridized carbons (Fsp3) is 0.273. The van der Waals surface area contributed by atoms with Crippen molar-refractivity contribution in [3.8, 4) is 6.07 Å². The summed E-state index contributed by atoms with van der Waals surface area (Å²) in [5.74, 6) is -2.20. The van der Waals surface area contributed by atoms with Crippen LogP contribution in [0.1, 0.15) is 12.5 Å². The van der Waals surface area contributed by atoms with E-state index in [4.69, 9.17) is 10.4 Å². The summed E-state index contributed by atoms with van der Waals surface area (Å²) in [6, 6.07) is 3.94. The highest BCUT2D eigenvalue weighted by Crippen LogP contribution is 2.35. The van der Waals surface area contributed by atoms with Crippen LogP contribution >= 0.6 is 0 Å². The number of nitrogens with zero attached hydrogens (tertiary/aromatic N) is 2. The van der Waals surface area contributed by atoms with Crippen LogP contribution in [-0.2, 0) is 4.79 Å². The summed E-state index contributed by atoms with van der Waals surface area (Å²) in [6.07, 6.45) is -5.15. The number of rotatable bonds is 4. The summed E-state index contributed by atoms with van der Waals surface area (Å²) in [7, 11) is 0. The molecule has 0 fully saturated rings. The van der Waals surface area contributed by atoms with E-state index in [0.717, 1.165) is 18.2 Å². The number of nitro benzene ring substituents is 1. The molecule has 21 heavy (non-hydrogen) atoms. The number of nitriles is 1. The Morgan fingerprint density at radius 3 is 2.43 bits per heavy atom. The van der Waals surface area contributed by atoms with E-state index in [1.165, 1.54) is 6.07 Å². The summed E-state index contributed by atoms with van der Waals surface area (Å²) < 4.78 is 38.5. The van der Waals surface area contributed by atoms with Crippen LogP contribution in [0.2, 0.25) is 0 Å². The molecule has 0 saturated carbocycles. The minimum atomic E-state index is -5.15. The van der Waals surface area contributed by atoms with Gasteiger partial charge in [0.15, 0.2) is 0 Å². The van der Waals surface area contributed by atoms with Crippen molar-refractivity contribution in [1.82, 2.24) is 0 Å². The Kier molecular flexibility index (Phi) is 4.08. The van der Waals surface area contributed by atoms with Crippen molar-refractivity contribution in [3.05, 3.63) is 33.9 Å². The van der Waals surface area contributed by atoms with E-state index in [1.807, 2.05) is 0 Å². The number of carboxylic acid groups (broad SMARTS) is 1. The van der Waals surface area contributed by atoms with E-state index in [0.29, 0.717) is 6.92 Å². The lowest BCUT2D eigenvalue weighted by Gasteiger charge is -2.29. The minimum absolute atomic E-state index is 0.387. The predicted octanol–water partition coefficient (Wildman–Crippen LogP) is 2.28. The van der Waals surface area contributed by atoms with Gasteiger partial charge in [-0.3, -0.25) is 10.1 Å². The van der Waals surface area contributed by atoms with Gasteiger partial charge in [-0.2, -0.15) is 18.4 Å². The van der Waals surface area contributed by atoms with Gasteiger partial charge in [0.25, 0.3) is 5.69 Å². The first-order valence-corrected chi connectivity index (χ1v) is 5.30. The second kappa shape index (κ2) is 5.28. The fourth-order valence-electron chi connectivity index (χ4n) is 1.36. The summed E-state index contributed by atoms with van der Waals surface area (Å²) in [6.45, 7) is 0.387. The highest BCUT2D eigenvalue weighted by molar-refractivity contribution is 5.84. The third kappa shape index (κ3) is 3.02. The zero-order chi connectivity index (χ0) is 16.4. The summed E-state index contributed by atoms with van der Waals surface area (Å²) in [4.78, 5) is 20.6. The van der Waals surface area contributed by atoms with Crippen LogP contribution in [0.5, 0.6) is 0 Å². The molecule has 0 aliphatic rings. The second-order valence-corrected chi connectivity index (χ2v) is 4.15. The van der Waals surface area contributed by atoms with Gasteiger partial charge in [-0.05, 0) is 13.0 Å². The molecule has 1 aromatic rings. The number of aliphatic carboxylic acids is 1. The lowest BCUT2D eigenvalue weighted by Crippen LogP contribution is -2.55. The van der Waals surface area contributed by atoms with Gasteiger partial charge in [0.05, 0.1) is 16.2 Å². The lowest BCUT2D eigenvalue weighted by molar-refractivity contribution is -0.384. The number of benzene rings is 1. The van der Waals surface area contributed by atoms with E-state index in [2.05, 4.69) is 0 Å². The van der Waals surface area contributed by atoms with Gasteiger partial charge in [0.1, 0.15) is 6.07 Å². The van der Waals surface area contributed by atoms with E-state index >= 15 is 0 Å². The maximum absolute atomic E-state index is 12.8. The Morgan fingerprint density at radius 1 is 1.48 bits per heavy atom. The largest absolute Gasteiger partial charge is 0.479 e. The van der Waals surface area contributed by atoms with E-state index in [-0.39, 0.29) is 0 Å². The number of alkyl halides is 3. The molecule has 1 rings (SSSR count). The molecule has 7 nitrogen and oxygen atoms in total. The molecule has 0 spiro atoms. The second-order valence-electron chi connectivity index (χ2n) is 4.15. The van der Waals surface area contributed by atoms with Crippen LogP contribution in [-0.4, -0.2) is 27.7 Å². The summed E-state index contributed by atoms with van der Waals surface area (Å²) in [5, 5.41) is 29.8. The first-order chi connectivity index (χ1) is 9.52. The molecule has 1 unspecified atom stereocenters. The Balaban J connectivity index is 3.33. The summed E-state index contributed by atoms with van der Waals surface area (Å²) >= 11 is 0. The molecule has 1 aromatic carbocycles. The van der Waals surface area contributed by atoms with Crippen molar-refractivity contribution in [1.29, 1.82) is 5.26 Å². The average Bonchev–Trinajstić information content (AvgIpc) is 2.37. The molecule has 0 aliphatic carbocycles. The molecule has 1 atom stereocenters. The molecular formula is C11H8F3N3O4. The van der Waals surface area contributed by atoms with Crippen molar-refractivity contribution in [2.45, 2.75) is 18.6 Å². The molecular weight excluding hydrogens is 295 g/mol. The molecule has 0 heterocycles. The van der Waals surface area contributed by atoms with Gasteiger partial charge < -0.3 is 10.4 Å². The highest BCUT2D eigenvalue weighted by Gasteiger charge is 2.57. The number of anilines is 1. The van der Waals surface area contributed by atoms with E-state index in [9.17, 15) is 28.1 Å². The van der Waals surface area contributed by atoms with Crippen molar-refractivity contribution in [2.75, 3.05) is 5.32 Å². The highest BCUT2D eigenvalue weighted by atomic mass is 19.4. The Labute approximate surface area is 115 Å². The molecule has 0 bridgehead atoms. The van der Waals surface area contributed by atoms with Crippen molar-refractivity contribution >= 4 is 17.3 Å². The topological polar surface area (TPSA) is 116 Å². The van der Waals surface area contributed by atoms with Gasteiger partial charge >= 0.3 is 12.1 Å². The minimum Gasteiger partial charge on any atom is -0.479 e. The van der Waals surface area contributed by atoms with Crippen molar-refractivity contribution < 1.29 is 28.0 Å². The summed E-state index contributed by atoms with van der Waals surface area (Å²) in [5.41, 5.74) is -4.78. The molecule has 112 valence electrons. The zero-order valence-electron chi connectivity index (χ0n) is 10.4. The van der Waals surface area contributed by atoms with E-state index < -0.39 is 39.5 Å². The van der Waals surface area contributed by atoms with Gasteiger partial charge in [-0.25, -0.2) is 4.79 Å². The van der Waals surface area contributed by atoms with E-state index in [1.54, 1.807) is 5.32 Å². The van der Waals surface area contributed by atoms with Crippen LogP contribution in [0.15, 0.2) is 18.2 Å². The maximum Gasteiger partial charge on any atom is 0.422 e. The fourth-order valence-corrected chi connectivity index (χ4v) is 1.36. The Bertz CT molecular complexity index is 639. The maximum atomic E-state index is 12.8. The lowest BCUT2D eigenvalue weighted by atomic mass is 10.0. The number of nitrogens with one attached hydrogen (secondary N) is 1. The number of nitro groups is 1. The van der Waals surface area contributed by atoms with Gasteiger partial charge in [-0.1, -0.05) is 0 Å². The molecule has 0 saturated heterocycles. The first kappa shape index (κ1) is 16.2. The Morgan fingerprint density at radius 2 is 2.05 bits per heavy atom. The van der Waals surface area contributed by atoms with Gasteiger partial charge in [0.2, 0.25) is 5.54 Å². The first-order valence-electron chi connectivity index (χ1n) is 5.30.